The van der Waals surface area contributed by atoms with Crippen LogP contribution in [0.25, 0.3) is 0 Å². The minimum atomic E-state index is -2.76. The van der Waals surface area contributed by atoms with Crippen molar-refractivity contribution < 1.29 is 13.6 Å². The molecule has 82 valence electrons. The van der Waals surface area contributed by atoms with Gasteiger partial charge in [-0.25, -0.2) is 13.5 Å². The van der Waals surface area contributed by atoms with Crippen LogP contribution in [0.15, 0.2) is 0 Å². The summed E-state index contributed by atoms with van der Waals surface area (Å²) in [5.41, 5.74) is -0.694. The molecule has 0 aliphatic heterocycles. The SMILES string of the molecule is O=Cc1c(C(F)F)nn(C2CCC2)c1Cl. The Bertz CT molecular complexity index is 388. The number of halogens is 3. The zero-order valence-electron chi connectivity index (χ0n) is 7.79. The molecule has 0 bridgehead atoms. The van der Waals surface area contributed by atoms with Gasteiger partial charge in [0, 0.05) is 0 Å². The lowest BCUT2D eigenvalue weighted by molar-refractivity contribution is 0.110. The highest BCUT2D eigenvalue weighted by Gasteiger charge is 2.28. The summed E-state index contributed by atoms with van der Waals surface area (Å²) in [5, 5.41) is 3.74. The molecule has 0 saturated heterocycles. The maximum absolute atomic E-state index is 12.5. The van der Waals surface area contributed by atoms with Crippen molar-refractivity contribution in [2.75, 3.05) is 0 Å². The molecule has 1 fully saturated rings. The normalized spacial score (nSPS) is 16.8. The summed E-state index contributed by atoms with van der Waals surface area (Å²) in [4.78, 5) is 10.6. The van der Waals surface area contributed by atoms with E-state index in [1.807, 2.05) is 0 Å². The van der Waals surface area contributed by atoms with Crippen LogP contribution < -0.4 is 0 Å². The van der Waals surface area contributed by atoms with Crippen LogP contribution >= 0.6 is 11.6 Å². The smallest absolute Gasteiger partial charge is 0.282 e. The lowest BCUT2D eigenvalue weighted by Crippen LogP contribution is -2.18. The summed E-state index contributed by atoms with van der Waals surface area (Å²) in [7, 11) is 0. The van der Waals surface area contributed by atoms with Crippen molar-refractivity contribution >= 4 is 17.9 Å². The van der Waals surface area contributed by atoms with Crippen LogP contribution in [-0.2, 0) is 0 Å². The van der Waals surface area contributed by atoms with Gasteiger partial charge in [0.15, 0.2) is 6.29 Å². The molecule has 0 aromatic carbocycles. The summed E-state index contributed by atoms with van der Waals surface area (Å²) in [6.07, 6.45) is 0.377. The molecule has 1 aromatic rings. The van der Waals surface area contributed by atoms with Crippen LogP contribution in [0.4, 0.5) is 8.78 Å². The standard InChI is InChI=1S/C9H9ClF2N2O/c10-8-6(4-15)7(9(11)12)13-14(8)5-2-1-3-5/h4-5,9H,1-3H2. The summed E-state index contributed by atoms with van der Waals surface area (Å²) in [6.45, 7) is 0. The van der Waals surface area contributed by atoms with E-state index in [-0.39, 0.29) is 16.8 Å². The molecule has 1 aliphatic rings. The number of hydrogen-bond donors (Lipinski definition) is 0. The first-order chi connectivity index (χ1) is 7.15. The number of nitrogens with zero attached hydrogens (tertiary/aromatic N) is 2. The van der Waals surface area contributed by atoms with Gasteiger partial charge in [0.2, 0.25) is 0 Å². The fourth-order valence-corrected chi connectivity index (χ4v) is 1.90. The second-order valence-electron chi connectivity index (χ2n) is 3.54. The zero-order chi connectivity index (χ0) is 11.0. The molecule has 0 radical (unpaired) electrons. The molecule has 1 aliphatic carbocycles. The number of alkyl halides is 2. The first kappa shape index (κ1) is 10.5. The minimum absolute atomic E-state index is 0.0324. The molecule has 3 nitrogen and oxygen atoms in total. The van der Waals surface area contributed by atoms with Crippen LogP contribution in [0.5, 0.6) is 0 Å². The summed E-state index contributed by atoms with van der Waals surface area (Å²) >= 11 is 5.82. The van der Waals surface area contributed by atoms with Gasteiger partial charge in [0.05, 0.1) is 11.6 Å². The van der Waals surface area contributed by atoms with E-state index in [4.69, 9.17) is 11.6 Å². The number of carbonyl (C=O) groups is 1. The van der Waals surface area contributed by atoms with Crippen molar-refractivity contribution in [1.82, 2.24) is 9.78 Å². The highest BCUT2D eigenvalue weighted by molar-refractivity contribution is 6.32. The average Bonchev–Trinajstić information content (AvgIpc) is 2.41. The molecule has 1 heterocycles. The predicted molar refractivity (Wildman–Crippen MR) is 50.5 cm³/mol. The molecule has 1 saturated carbocycles. The monoisotopic (exact) mass is 234 g/mol. The van der Waals surface area contributed by atoms with E-state index in [0.29, 0.717) is 6.29 Å². The molecular weight excluding hydrogens is 226 g/mol. The molecule has 0 spiro atoms. The maximum atomic E-state index is 12.5. The largest absolute Gasteiger partial charge is 0.298 e. The Labute approximate surface area is 90.0 Å². The van der Waals surface area contributed by atoms with E-state index in [9.17, 15) is 13.6 Å². The third-order valence-corrected chi connectivity index (χ3v) is 3.04. The van der Waals surface area contributed by atoms with Gasteiger partial charge in [0.1, 0.15) is 10.8 Å². The van der Waals surface area contributed by atoms with Crippen molar-refractivity contribution in [2.24, 2.45) is 0 Å². The van der Waals surface area contributed by atoms with E-state index < -0.39 is 12.1 Å². The predicted octanol–water partition coefficient (Wildman–Crippen LogP) is 3.01. The lowest BCUT2D eigenvalue weighted by Gasteiger charge is -2.26. The Hall–Kier alpha value is -0.970. The van der Waals surface area contributed by atoms with E-state index in [0.717, 1.165) is 19.3 Å². The first-order valence-electron chi connectivity index (χ1n) is 4.66. The lowest BCUT2D eigenvalue weighted by atomic mass is 9.93. The van der Waals surface area contributed by atoms with Crippen LogP contribution in [0.2, 0.25) is 5.15 Å². The van der Waals surface area contributed by atoms with Crippen molar-refractivity contribution in [3.05, 3.63) is 16.4 Å². The van der Waals surface area contributed by atoms with Gasteiger partial charge in [-0.3, -0.25) is 4.79 Å². The molecule has 2 rings (SSSR count). The summed E-state index contributed by atoms with van der Waals surface area (Å²) in [6, 6.07) is 0.0729. The van der Waals surface area contributed by atoms with Gasteiger partial charge in [-0.2, -0.15) is 5.10 Å². The van der Waals surface area contributed by atoms with Crippen molar-refractivity contribution in [2.45, 2.75) is 31.7 Å². The molecular formula is C9H9ClF2N2O. The van der Waals surface area contributed by atoms with Crippen LogP contribution in [-0.4, -0.2) is 16.1 Å². The second-order valence-corrected chi connectivity index (χ2v) is 3.90. The molecule has 0 unspecified atom stereocenters. The first-order valence-corrected chi connectivity index (χ1v) is 5.04. The van der Waals surface area contributed by atoms with E-state index in [1.54, 1.807) is 0 Å². The molecule has 0 atom stereocenters. The van der Waals surface area contributed by atoms with Gasteiger partial charge < -0.3 is 0 Å². The third kappa shape index (κ3) is 1.65. The van der Waals surface area contributed by atoms with Gasteiger partial charge in [0.25, 0.3) is 6.43 Å². The van der Waals surface area contributed by atoms with E-state index >= 15 is 0 Å². The quantitative estimate of drug-likeness (QED) is 0.754. The molecule has 0 amide bonds. The van der Waals surface area contributed by atoms with Crippen molar-refractivity contribution in [3.8, 4) is 0 Å². The highest BCUT2D eigenvalue weighted by Crippen LogP contribution is 2.36. The fraction of sp³-hybridized carbons (Fsp3) is 0.556. The number of aldehydes is 1. The van der Waals surface area contributed by atoms with Gasteiger partial charge in [-0.05, 0) is 19.3 Å². The topological polar surface area (TPSA) is 34.9 Å². The number of aromatic nitrogens is 2. The van der Waals surface area contributed by atoms with E-state index in [1.165, 1.54) is 4.68 Å². The number of carbonyl (C=O) groups excluding carboxylic acids is 1. The zero-order valence-corrected chi connectivity index (χ0v) is 8.55. The minimum Gasteiger partial charge on any atom is -0.298 e. The summed E-state index contributed by atoms with van der Waals surface area (Å²) < 4.78 is 26.3. The summed E-state index contributed by atoms with van der Waals surface area (Å²) in [5.74, 6) is 0. The Morgan fingerprint density at radius 1 is 1.53 bits per heavy atom. The Morgan fingerprint density at radius 3 is 2.53 bits per heavy atom. The maximum Gasteiger partial charge on any atom is 0.282 e. The molecule has 1 aromatic heterocycles. The Kier molecular flexibility index (Phi) is 2.73. The van der Waals surface area contributed by atoms with Crippen molar-refractivity contribution in [3.63, 3.8) is 0 Å². The van der Waals surface area contributed by atoms with E-state index in [2.05, 4.69) is 5.10 Å². The highest BCUT2D eigenvalue weighted by atomic mass is 35.5. The fourth-order valence-electron chi connectivity index (χ4n) is 1.59. The average molecular weight is 235 g/mol. The van der Waals surface area contributed by atoms with Crippen LogP contribution in [0.3, 0.4) is 0 Å². The van der Waals surface area contributed by atoms with Crippen LogP contribution in [0, 0.1) is 0 Å². The number of hydrogen-bond acceptors (Lipinski definition) is 2. The Balaban J connectivity index is 2.43. The van der Waals surface area contributed by atoms with Crippen molar-refractivity contribution in [1.29, 1.82) is 0 Å². The third-order valence-electron chi connectivity index (χ3n) is 2.66. The second kappa shape index (κ2) is 3.89. The molecule has 15 heavy (non-hydrogen) atoms. The van der Waals surface area contributed by atoms with Gasteiger partial charge in [-0.1, -0.05) is 11.6 Å². The van der Waals surface area contributed by atoms with Crippen LogP contribution in [0.1, 0.15) is 47.8 Å². The molecule has 6 heteroatoms. The molecule has 0 N–H and O–H groups in total. The Morgan fingerprint density at radius 2 is 2.20 bits per heavy atom. The van der Waals surface area contributed by atoms with Gasteiger partial charge in [-0.15, -0.1) is 0 Å². The van der Waals surface area contributed by atoms with Gasteiger partial charge >= 0.3 is 0 Å². The number of rotatable bonds is 3.